The van der Waals surface area contributed by atoms with Gasteiger partial charge in [0, 0.05) is 11.6 Å². The summed E-state index contributed by atoms with van der Waals surface area (Å²) in [7, 11) is 0. The Balaban J connectivity index is 1.79. The maximum Gasteiger partial charge on any atom is 0.258 e. The molecule has 0 fully saturated rings. The normalized spacial score (nSPS) is 11.2. The fraction of sp³-hybridized carbons (Fsp3) is 0.0625. The van der Waals surface area contributed by atoms with E-state index >= 15 is 0 Å². The van der Waals surface area contributed by atoms with E-state index in [0.717, 1.165) is 27.4 Å². The molecule has 0 radical (unpaired) electrons. The van der Waals surface area contributed by atoms with Crippen LogP contribution in [0.3, 0.4) is 0 Å². The lowest BCUT2D eigenvalue weighted by atomic mass is 10.1. The number of nitrogens with one attached hydrogen (secondary N) is 1. The highest BCUT2D eigenvalue weighted by molar-refractivity contribution is 5.81. The number of nitrogens with zero attached hydrogens (tertiary/aromatic N) is 3. The number of pyridine rings is 1. The summed E-state index contributed by atoms with van der Waals surface area (Å²) in [5, 5.41) is 12.4. The molecule has 0 bridgehead atoms. The molecule has 2 heterocycles. The summed E-state index contributed by atoms with van der Waals surface area (Å²) in [6.45, 7) is 0.520. The topological polar surface area (TPSA) is 63.6 Å². The standard InChI is InChI=1S/C16H12N4O/c21-16-13-4-2-1-3-12(13)7-8-20(16)10-11-5-6-14-15(9-11)18-19-17-14/h1-9H,10H2,(H,17,18,19). The third-order valence-electron chi connectivity index (χ3n) is 3.62. The summed E-state index contributed by atoms with van der Waals surface area (Å²) in [6, 6.07) is 15.4. The van der Waals surface area contributed by atoms with Crippen molar-refractivity contribution in [2.75, 3.05) is 0 Å². The van der Waals surface area contributed by atoms with Crippen molar-refractivity contribution in [1.29, 1.82) is 0 Å². The zero-order chi connectivity index (χ0) is 14.2. The van der Waals surface area contributed by atoms with E-state index in [9.17, 15) is 4.79 Å². The first kappa shape index (κ1) is 11.8. The maximum atomic E-state index is 12.5. The fourth-order valence-electron chi connectivity index (χ4n) is 2.54. The molecule has 0 unspecified atom stereocenters. The molecule has 0 aliphatic heterocycles. The van der Waals surface area contributed by atoms with E-state index in [1.165, 1.54) is 0 Å². The highest BCUT2D eigenvalue weighted by atomic mass is 16.1. The van der Waals surface area contributed by atoms with Crippen LogP contribution in [0.15, 0.2) is 59.5 Å². The van der Waals surface area contributed by atoms with Crippen molar-refractivity contribution in [3.8, 4) is 0 Å². The van der Waals surface area contributed by atoms with Crippen molar-refractivity contribution in [3.05, 3.63) is 70.6 Å². The third-order valence-corrected chi connectivity index (χ3v) is 3.62. The molecule has 0 amide bonds. The van der Waals surface area contributed by atoms with Crippen LogP contribution in [0.2, 0.25) is 0 Å². The highest BCUT2D eigenvalue weighted by Crippen LogP contribution is 2.13. The SMILES string of the molecule is O=c1c2ccccc2ccn1Cc1ccc2n[nH]nc2c1. The monoisotopic (exact) mass is 276 g/mol. The molecule has 1 N–H and O–H groups in total. The Bertz CT molecular complexity index is 1000. The highest BCUT2D eigenvalue weighted by Gasteiger charge is 2.04. The van der Waals surface area contributed by atoms with Crippen LogP contribution in [0.4, 0.5) is 0 Å². The Morgan fingerprint density at radius 2 is 1.86 bits per heavy atom. The van der Waals surface area contributed by atoms with Gasteiger partial charge in [0.2, 0.25) is 0 Å². The summed E-state index contributed by atoms with van der Waals surface area (Å²) in [5.41, 5.74) is 2.67. The van der Waals surface area contributed by atoms with Crippen LogP contribution < -0.4 is 5.56 Å². The van der Waals surface area contributed by atoms with Crippen LogP contribution in [0.1, 0.15) is 5.56 Å². The molecule has 2 aromatic carbocycles. The van der Waals surface area contributed by atoms with Gasteiger partial charge in [0.25, 0.3) is 5.56 Å². The molecule has 2 aromatic heterocycles. The van der Waals surface area contributed by atoms with E-state index in [0.29, 0.717) is 6.54 Å². The van der Waals surface area contributed by atoms with Gasteiger partial charge in [-0.1, -0.05) is 24.3 Å². The molecule has 5 heteroatoms. The Hall–Kier alpha value is -2.95. The summed E-state index contributed by atoms with van der Waals surface area (Å²) in [6.07, 6.45) is 1.83. The van der Waals surface area contributed by atoms with Crippen molar-refractivity contribution in [1.82, 2.24) is 20.0 Å². The zero-order valence-electron chi connectivity index (χ0n) is 11.2. The molecule has 102 valence electrons. The van der Waals surface area contributed by atoms with Crippen molar-refractivity contribution in [2.24, 2.45) is 0 Å². The lowest BCUT2D eigenvalue weighted by Crippen LogP contribution is -2.19. The number of rotatable bonds is 2. The molecular formula is C16H12N4O. The van der Waals surface area contributed by atoms with Crippen molar-refractivity contribution >= 4 is 21.8 Å². The number of fused-ring (bicyclic) bond motifs is 2. The average Bonchev–Trinajstić information content (AvgIpc) is 2.98. The van der Waals surface area contributed by atoms with Crippen molar-refractivity contribution in [2.45, 2.75) is 6.54 Å². The Morgan fingerprint density at radius 1 is 1.00 bits per heavy atom. The predicted octanol–water partition coefficient (Wildman–Crippen LogP) is 2.32. The number of H-pyrrole nitrogens is 1. The second-order valence-corrected chi connectivity index (χ2v) is 4.98. The van der Waals surface area contributed by atoms with Gasteiger partial charge in [-0.15, -0.1) is 0 Å². The first-order valence-electron chi connectivity index (χ1n) is 6.69. The third kappa shape index (κ3) is 1.99. The number of aromatic amines is 1. The van der Waals surface area contributed by atoms with Gasteiger partial charge in [-0.25, -0.2) is 0 Å². The lowest BCUT2D eigenvalue weighted by molar-refractivity contribution is 0.769. The quantitative estimate of drug-likeness (QED) is 0.611. The minimum Gasteiger partial charge on any atom is -0.311 e. The minimum atomic E-state index is 0.0216. The van der Waals surface area contributed by atoms with Crippen molar-refractivity contribution in [3.63, 3.8) is 0 Å². The first-order valence-corrected chi connectivity index (χ1v) is 6.69. The maximum absolute atomic E-state index is 12.5. The first-order chi connectivity index (χ1) is 10.3. The molecular weight excluding hydrogens is 264 g/mol. The van der Waals surface area contributed by atoms with E-state index in [2.05, 4.69) is 15.4 Å². The number of hydrogen-bond acceptors (Lipinski definition) is 3. The van der Waals surface area contributed by atoms with Gasteiger partial charge in [0.1, 0.15) is 11.0 Å². The molecule has 5 nitrogen and oxygen atoms in total. The Morgan fingerprint density at radius 3 is 2.81 bits per heavy atom. The smallest absolute Gasteiger partial charge is 0.258 e. The van der Waals surface area contributed by atoms with Gasteiger partial charge >= 0.3 is 0 Å². The van der Waals surface area contributed by atoms with Crippen LogP contribution in [-0.2, 0) is 6.54 Å². The number of benzene rings is 2. The van der Waals surface area contributed by atoms with Gasteiger partial charge in [0.15, 0.2) is 0 Å². The molecule has 4 aromatic rings. The van der Waals surface area contributed by atoms with Crippen LogP contribution in [0, 0.1) is 0 Å². The van der Waals surface area contributed by atoms with Crippen molar-refractivity contribution < 1.29 is 0 Å². The second kappa shape index (κ2) is 4.56. The molecule has 0 saturated heterocycles. The average molecular weight is 276 g/mol. The summed E-state index contributed by atoms with van der Waals surface area (Å²) < 4.78 is 1.71. The molecule has 0 atom stereocenters. The lowest BCUT2D eigenvalue weighted by Gasteiger charge is -2.07. The summed E-state index contributed by atoms with van der Waals surface area (Å²) >= 11 is 0. The molecule has 0 aliphatic carbocycles. The van der Waals surface area contributed by atoms with Crippen LogP contribution in [0.5, 0.6) is 0 Å². The van der Waals surface area contributed by atoms with E-state index in [1.54, 1.807) is 4.57 Å². The van der Waals surface area contributed by atoms with E-state index < -0.39 is 0 Å². The van der Waals surface area contributed by atoms with Gasteiger partial charge < -0.3 is 4.57 Å². The van der Waals surface area contributed by atoms with E-state index in [4.69, 9.17) is 0 Å². The molecule has 0 aliphatic rings. The molecule has 21 heavy (non-hydrogen) atoms. The number of aromatic nitrogens is 4. The predicted molar refractivity (Wildman–Crippen MR) is 81.2 cm³/mol. The molecule has 4 rings (SSSR count). The Labute approximate surface area is 119 Å². The van der Waals surface area contributed by atoms with Gasteiger partial charge in [0.05, 0.1) is 6.54 Å². The van der Waals surface area contributed by atoms with Crippen LogP contribution in [-0.4, -0.2) is 20.0 Å². The van der Waals surface area contributed by atoms with Gasteiger partial charge in [-0.2, -0.15) is 15.4 Å². The molecule has 0 spiro atoms. The number of hydrogen-bond donors (Lipinski definition) is 1. The van der Waals surface area contributed by atoms with E-state index in [-0.39, 0.29) is 5.56 Å². The minimum absolute atomic E-state index is 0.0216. The largest absolute Gasteiger partial charge is 0.311 e. The summed E-state index contributed by atoms with van der Waals surface area (Å²) in [4.78, 5) is 12.5. The zero-order valence-corrected chi connectivity index (χ0v) is 11.2. The van der Waals surface area contributed by atoms with Crippen LogP contribution in [0.25, 0.3) is 21.8 Å². The van der Waals surface area contributed by atoms with E-state index in [1.807, 2.05) is 54.7 Å². The van der Waals surface area contributed by atoms with Gasteiger partial charge in [-0.05, 0) is 35.2 Å². The summed E-state index contributed by atoms with van der Waals surface area (Å²) in [5.74, 6) is 0. The van der Waals surface area contributed by atoms with Gasteiger partial charge in [-0.3, -0.25) is 4.79 Å². The second-order valence-electron chi connectivity index (χ2n) is 4.98. The van der Waals surface area contributed by atoms with Crippen LogP contribution >= 0.6 is 0 Å². The fourth-order valence-corrected chi connectivity index (χ4v) is 2.54. The Kier molecular flexibility index (Phi) is 2.57. The molecule has 0 saturated carbocycles.